The van der Waals surface area contributed by atoms with E-state index in [0.29, 0.717) is 26.1 Å². The van der Waals surface area contributed by atoms with Gasteiger partial charge in [0, 0.05) is 19.6 Å². The van der Waals surface area contributed by atoms with E-state index in [-0.39, 0.29) is 6.03 Å². The summed E-state index contributed by atoms with van der Waals surface area (Å²) in [7, 11) is 0. The number of hydrogen-bond donors (Lipinski definition) is 1. The third-order valence-corrected chi connectivity index (χ3v) is 3.89. The summed E-state index contributed by atoms with van der Waals surface area (Å²) in [5.74, 6) is -0.900. The largest absolute Gasteiger partial charge is 0.480 e. The van der Waals surface area contributed by atoms with Gasteiger partial charge in [-0.05, 0) is 24.0 Å². The molecule has 0 aliphatic carbocycles. The zero-order valence-electron chi connectivity index (χ0n) is 10.6. The van der Waals surface area contributed by atoms with Gasteiger partial charge in [-0.2, -0.15) is 0 Å². The minimum absolute atomic E-state index is 0.152. The van der Waals surface area contributed by atoms with E-state index in [1.165, 1.54) is 4.90 Å². The monoisotopic (exact) mass is 260 g/mol. The number of aliphatic carboxylic acids is 1. The maximum atomic E-state index is 12.4. The first-order chi connectivity index (χ1) is 9.16. The van der Waals surface area contributed by atoms with Crippen LogP contribution in [0.4, 0.5) is 4.79 Å². The van der Waals surface area contributed by atoms with Crippen LogP contribution in [0, 0.1) is 0 Å². The summed E-state index contributed by atoms with van der Waals surface area (Å²) in [5.41, 5.74) is 2.31. The van der Waals surface area contributed by atoms with Gasteiger partial charge in [-0.15, -0.1) is 0 Å². The van der Waals surface area contributed by atoms with Crippen molar-refractivity contribution in [1.29, 1.82) is 0 Å². The first-order valence-electron chi connectivity index (χ1n) is 6.52. The first-order valence-corrected chi connectivity index (χ1v) is 6.52. The number of amides is 2. The molecule has 2 aliphatic rings. The Morgan fingerprint density at radius 3 is 2.37 bits per heavy atom. The summed E-state index contributed by atoms with van der Waals surface area (Å²) >= 11 is 0. The Morgan fingerprint density at radius 1 is 1.16 bits per heavy atom. The molecule has 1 atom stereocenters. The summed E-state index contributed by atoms with van der Waals surface area (Å²) in [6, 6.07) is 7.14. The topological polar surface area (TPSA) is 60.9 Å². The molecule has 0 saturated carbocycles. The molecule has 0 spiro atoms. The molecular formula is C14H16N2O3. The predicted molar refractivity (Wildman–Crippen MR) is 68.4 cm³/mol. The molecule has 1 aromatic carbocycles. The van der Waals surface area contributed by atoms with Crippen molar-refractivity contribution >= 4 is 12.0 Å². The molecule has 1 fully saturated rings. The van der Waals surface area contributed by atoms with Crippen LogP contribution in [0.3, 0.4) is 0 Å². The third kappa shape index (κ3) is 2.05. The van der Waals surface area contributed by atoms with Crippen LogP contribution in [0.15, 0.2) is 24.3 Å². The lowest BCUT2D eigenvalue weighted by Crippen LogP contribution is -2.46. The van der Waals surface area contributed by atoms with Gasteiger partial charge in [0.05, 0.1) is 0 Å². The van der Waals surface area contributed by atoms with Gasteiger partial charge in [-0.1, -0.05) is 24.3 Å². The Labute approximate surface area is 111 Å². The summed E-state index contributed by atoms with van der Waals surface area (Å²) in [6.07, 6.45) is 1.32. The van der Waals surface area contributed by atoms with E-state index < -0.39 is 12.0 Å². The van der Waals surface area contributed by atoms with Crippen molar-refractivity contribution in [3.8, 4) is 0 Å². The zero-order chi connectivity index (χ0) is 13.4. The van der Waals surface area contributed by atoms with Gasteiger partial charge < -0.3 is 14.9 Å². The Bertz CT molecular complexity index is 504. The number of carboxylic acid groups (broad SMARTS) is 1. The molecule has 100 valence electrons. The Kier molecular flexibility index (Phi) is 2.89. The summed E-state index contributed by atoms with van der Waals surface area (Å²) < 4.78 is 0. The second kappa shape index (κ2) is 4.57. The van der Waals surface area contributed by atoms with Crippen molar-refractivity contribution < 1.29 is 14.7 Å². The van der Waals surface area contributed by atoms with Crippen molar-refractivity contribution in [2.24, 2.45) is 0 Å². The number of nitrogens with zero attached hydrogens (tertiary/aromatic N) is 2. The number of benzene rings is 1. The average molecular weight is 260 g/mol. The Morgan fingerprint density at radius 2 is 1.79 bits per heavy atom. The number of rotatable bonds is 1. The van der Waals surface area contributed by atoms with Gasteiger partial charge in [0.25, 0.3) is 0 Å². The second-order valence-corrected chi connectivity index (χ2v) is 5.10. The molecular weight excluding hydrogens is 244 g/mol. The molecule has 0 unspecified atom stereocenters. The Hall–Kier alpha value is -2.04. The molecule has 0 radical (unpaired) electrons. The first kappa shape index (κ1) is 12.0. The Balaban J connectivity index is 1.74. The van der Waals surface area contributed by atoms with E-state index in [1.807, 2.05) is 24.3 Å². The van der Waals surface area contributed by atoms with E-state index in [4.69, 9.17) is 5.11 Å². The lowest BCUT2D eigenvalue weighted by Gasteiger charge is -2.27. The number of carboxylic acids is 1. The normalized spacial score (nSPS) is 21.6. The highest BCUT2D eigenvalue weighted by Gasteiger charge is 2.37. The fourth-order valence-electron chi connectivity index (χ4n) is 2.90. The highest BCUT2D eigenvalue weighted by atomic mass is 16.4. The predicted octanol–water partition coefficient (Wildman–Crippen LogP) is 1.67. The van der Waals surface area contributed by atoms with Gasteiger partial charge in [0.2, 0.25) is 0 Å². The van der Waals surface area contributed by atoms with Crippen molar-refractivity contribution in [3.05, 3.63) is 35.4 Å². The van der Waals surface area contributed by atoms with Crippen molar-refractivity contribution in [2.75, 3.05) is 6.54 Å². The van der Waals surface area contributed by atoms with Crippen LogP contribution in [-0.2, 0) is 17.9 Å². The molecule has 5 nitrogen and oxygen atoms in total. The average Bonchev–Trinajstić information content (AvgIpc) is 3.04. The fourth-order valence-corrected chi connectivity index (χ4v) is 2.90. The molecule has 2 amide bonds. The molecule has 1 saturated heterocycles. The third-order valence-electron chi connectivity index (χ3n) is 3.89. The highest BCUT2D eigenvalue weighted by Crippen LogP contribution is 2.26. The fraction of sp³-hybridized carbons (Fsp3) is 0.429. The summed E-state index contributed by atoms with van der Waals surface area (Å²) in [6.45, 7) is 1.71. The number of fused-ring (bicyclic) bond motifs is 1. The van der Waals surface area contributed by atoms with Gasteiger partial charge >= 0.3 is 12.0 Å². The van der Waals surface area contributed by atoms with Gasteiger partial charge in [0.1, 0.15) is 6.04 Å². The molecule has 3 rings (SSSR count). The summed E-state index contributed by atoms with van der Waals surface area (Å²) in [5, 5.41) is 9.14. The van der Waals surface area contributed by atoms with Crippen LogP contribution in [-0.4, -0.2) is 39.5 Å². The molecule has 0 aromatic heterocycles. The lowest BCUT2D eigenvalue weighted by molar-refractivity contribution is -0.141. The lowest BCUT2D eigenvalue weighted by atomic mass is 10.1. The zero-order valence-corrected chi connectivity index (χ0v) is 10.6. The summed E-state index contributed by atoms with van der Waals surface area (Å²) in [4.78, 5) is 26.8. The number of likely N-dealkylation sites (tertiary alicyclic amines) is 1. The maximum absolute atomic E-state index is 12.4. The molecule has 0 bridgehead atoms. The molecule has 2 heterocycles. The minimum Gasteiger partial charge on any atom is -0.480 e. The van der Waals surface area contributed by atoms with Gasteiger partial charge in [-0.25, -0.2) is 9.59 Å². The molecule has 19 heavy (non-hydrogen) atoms. The number of carbonyl (C=O) groups is 2. The van der Waals surface area contributed by atoms with Crippen LogP contribution in [0.2, 0.25) is 0 Å². The van der Waals surface area contributed by atoms with Crippen molar-refractivity contribution in [3.63, 3.8) is 0 Å². The van der Waals surface area contributed by atoms with Gasteiger partial charge in [-0.3, -0.25) is 0 Å². The SMILES string of the molecule is O=C(O)[C@H]1CCCN1C(=O)N1Cc2ccccc2C1. The van der Waals surface area contributed by atoms with E-state index in [9.17, 15) is 9.59 Å². The van der Waals surface area contributed by atoms with Crippen LogP contribution >= 0.6 is 0 Å². The number of urea groups is 1. The quantitative estimate of drug-likeness (QED) is 0.835. The standard InChI is InChI=1S/C14H16N2O3/c17-13(18)12-6-3-7-16(12)14(19)15-8-10-4-1-2-5-11(10)9-15/h1-2,4-5,12H,3,6-9H2,(H,17,18)/t12-/m1/s1. The van der Waals surface area contributed by atoms with E-state index >= 15 is 0 Å². The molecule has 5 heteroatoms. The highest BCUT2D eigenvalue weighted by molar-refractivity contribution is 5.83. The molecule has 1 aromatic rings. The van der Waals surface area contributed by atoms with E-state index in [0.717, 1.165) is 17.5 Å². The molecule has 1 N–H and O–H groups in total. The molecule has 2 aliphatic heterocycles. The van der Waals surface area contributed by atoms with Crippen LogP contribution < -0.4 is 0 Å². The van der Waals surface area contributed by atoms with Crippen LogP contribution in [0.25, 0.3) is 0 Å². The van der Waals surface area contributed by atoms with Crippen LogP contribution in [0.1, 0.15) is 24.0 Å². The maximum Gasteiger partial charge on any atom is 0.326 e. The van der Waals surface area contributed by atoms with Crippen molar-refractivity contribution in [1.82, 2.24) is 9.80 Å². The van der Waals surface area contributed by atoms with Gasteiger partial charge in [0.15, 0.2) is 0 Å². The smallest absolute Gasteiger partial charge is 0.326 e. The van der Waals surface area contributed by atoms with E-state index in [1.54, 1.807) is 4.90 Å². The number of carbonyl (C=O) groups excluding carboxylic acids is 1. The second-order valence-electron chi connectivity index (χ2n) is 5.10. The van der Waals surface area contributed by atoms with E-state index in [2.05, 4.69) is 0 Å². The number of hydrogen-bond acceptors (Lipinski definition) is 2. The van der Waals surface area contributed by atoms with Crippen molar-refractivity contribution in [2.45, 2.75) is 32.0 Å². The van der Waals surface area contributed by atoms with Crippen LogP contribution in [0.5, 0.6) is 0 Å². The minimum atomic E-state index is -0.900.